The Hall–Kier alpha value is -2.08. The summed E-state index contributed by atoms with van der Waals surface area (Å²) >= 11 is 3.20. The van der Waals surface area contributed by atoms with Crippen LogP contribution in [0.3, 0.4) is 0 Å². The van der Waals surface area contributed by atoms with Crippen molar-refractivity contribution in [2.24, 2.45) is 0 Å². The maximum atomic E-state index is 12.9. The smallest absolute Gasteiger partial charge is 0.335 e. The van der Waals surface area contributed by atoms with Crippen molar-refractivity contribution in [3.63, 3.8) is 0 Å². The standard InChI is InChI=1S/C15H12BrFO4/c16-13-9-11(17)3-6-14(13)21-8-7-20-12-4-1-10(2-5-12)15(18)19/h1-6,9H,7-8H2,(H,18,19). The summed E-state index contributed by atoms with van der Waals surface area (Å²) in [6, 6.07) is 10.3. The van der Waals surface area contributed by atoms with Gasteiger partial charge in [-0.3, -0.25) is 0 Å². The van der Waals surface area contributed by atoms with E-state index in [-0.39, 0.29) is 24.6 Å². The van der Waals surface area contributed by atoms with Crippen molar-refractivity contribution < 1.29 is 23.8 Å². The third-order valence-corrected chi connectivity index (χ3v) is 3.22. The number of carboxylic acids is 1. The second-order valence-electron chi connectivity index (χ2n) is 4.10. The minimum Gasteiger partial charge on any atom is -0.490 e. The topological polar surface area (TPSA) is 55.8 Å². The van der Waals surface area contributed by atoms with Crippen LogP contribution < -0.4 is 9.47 Å². The van der Waals surface area contributed by atoms with Crippen LogP contribution in [0.4, 0.5) is 4.39 Å². The molecule has 0 atom stereocenters. The lowest BCUT2D eigenvalue weighted by Gasteiger charge is -2.09. The fourth-order valence-corrected chi connectivity index (χ4v) is 2.06. The number of rotatable bonds is 6. The van der Waals surface area contributed by atoms with Gasteiger partial charge < -0.3 is 14.6 Å². The molecule has 0 aliphatic heterocycles. The van der Waals surface area contributed by atoms with Crippen LogP contribution in [0.15, 0.2) is 46.9 Å². The molecule has 0 aromatic heterocycles. The first-order valence-corrected chi connectivity index (χ1v) is 6.89. The van der Waals surface area contributed by atoms with Crippen molar-refractivity contribution >= 4 is 21.9 Å². The van der Waals surface area contributed by atoms with E-state index in [2.05, 4.69) is 15.9 Å². The summed E-state index contributed by atoms with van der Waals surface area (Å²) in [6.07, 6.45) is 0. The van der Waals surface area contributed by atoms with Crippen molar-refractivity contribution in [1.29, 1.82) is 0 Å². The average molecular weight is 355 g/mol. The van der Waals surface area contributed by atoms with Crippen LogP contribution in [0.5, 0.6) is 11.5 Å². The molecule has 0 spiro atoms. The number of carboxylic acid groups (broad SMARTS) is 1. The summed E-state index contributed by atoms with van der Waals surface area (Å²) in [5.74, 6) is -0.238. The molecule has 0 fully saturated rings. The van der Waals surface area contributed by atoms with E-state index < -0.39 is 5.97 Å². The fourth-order valence-electron chi connectivity index (χ4n) is 1.60. The highest BCUT2D eigenvalue weighted by molar-refractivity contribution is 9.10. The maximum Gasteiger partial charge on any atom is 0.335 e. The lowest BCUT2D eigenvalue weighted by molar-refractivity contribution is 0.0697. The Balaban J connectivity index is 1.80. The Kier molecular flexibility index (Phi) is 5.16. The molecule has 4 nitrogen and oxygen atoms in total. The van der Waals surface area contributed by atoms with Crippen LogP contribution in [0.2, 0.25) is 0 Å². The largest absolute Gasteiger partial charge is 0.490 e. The molecule has 0 radical (unpaired) electrons. The predicted molar refractivity (Wildman–Crippen MR) is 78.5 cm³/mol. The van der Waals surface area contributed by atoms with E-state index in [1.54, 1.807) is 12.1 Å². The van der Waals surface area contributed by atoms with Crippen molar-refractivity contribution in [2.45, 2.75) is 0 Å². The summed E-state index contributed by atoms with van der Waals surface area (Å²) in [5.41, 5.74) is 0.203. The normalized spacial score (nSPS) is 10.2. The van der Waals surface area contributed by atoms with Gasteiger partial charge >= 0.3 is 5.97 Å². The maximum absolute atomic E-state index is 12.9. The Labute approximate surface area is 129 Å². The lowest BCUT2D eigenvalue weighted by atomic mass is 10.2. The Morgan fingerprint density at radius 3 is 2.38 bits per heavy atom. The van der Waals surface area contributed by atoms with Gasteiger partial charge in [-0.1, -0.05) is 0 Å². The van der Waals surface area contributed by atoms with Gasteiger partial charge in [-0.15, -0.1) is 0 Å². The summed E-state index contributed by atoms with van der Waals surface area (Å²) in [7, 11) is 0. The van der Waals surface area contributed by atoms with Gasteiger partial charge in [-0.25, -0.2) is 9.18 Å². The molecular weight excluding hydrogens is 343 g/mol. The second-order valence-corrected chi connectivity index (χ2v) is 4.96. The molecule has 0 saturated carbocycles. The Bertz CT molecular complexity index is 628. The highest BCUT2D eigenvalue weighted by atomic mass is 79.9. The quantitative estimate of drug-likeness (QED) is 0.802. The monoisotopic (exact) mass is 354 g/mol. The van der Waals surface area contributed by atoms with E-state index >= 15 is 0 Å². The van der Waals surface area contributed by atoms with Gasteiger partial charge in [-0.05, 0) is 58.4 Å². The highest BCUT2D eigenvalue weighted by Crippen LogP contribution is 2.25. The minimum atomic E-state index is -0.981. The number of ether oxygens (including phenoxy) is 2. The molecule has 2 rings (SSSR count). The number of carbonyl (C=O) groups is 1. The van der Waals surface area contributed by atoms with Crippen LogP contribution in [-0.2, 0) is 0 Å². The minimum absolute atomic E-state index is 0.203. The van der Waals surface area contributed by atoms with Crippen LogP contribution in [0.1, 0.15) is 10.4 Å². The van der Waals surface area contributed by atoms with Crippen LogP contribution >= 0.6 is 15.9 Å². The molecule has 0 amide bonds. The third kappa shape index (κ3) is 4.46. The number of benzene rings is 2. The Morgan fingerprint density at radius 1 is 1.10 bits per heavy atom. The SMILES string of the molecule is O=C(O)c1ccc(OCCOc2ccc(F)cc2Br)cc1. The molecule has 0 saturated heterocycles. The fraction of sp³-hybridized carbons (Fsp3) is 0.133. The first-order valence-electron chi connectivity index (χ1n) is 6.10. The second kappa shape index (κ2) is 7.08. The molecule has 0 aliphatic carbocycles. The first-order chi connectivity index (χ1) is 10.1. The van der Waals surface area contributed by atoms with E-state index in [4.69, 9.17) is 14.6 Å². The molecule has 1 N–H and O–H groups in total. The number of halogens is 2. The Morgan fingerprint density at radius 2 is 1.76 bits per heavy atom. The summed E-state index contributed by atoms with van der Waals surface area (Å²) < 4.78 is 24.3. The van der Waals surface area contributed by atoms with Gasteiger partial charge in [0.1, 0.15) is 30.5 Å². The summed E-state index contributed by atoms with van der Waals surface area (Å²) in [5, 5.41) is 8.77. The van der Waals surface area contributed by atoms with Crippen molar-refractivity contribution in [1.82, 2.24) is 0 Å². The molecule has 2 aromatic rings. The van der Waals surface area contributed by atoms with Gasteiger partial charge in [0.15, 0.2) is 0 Å². The zero-order chi connectivity index (χ0) is 15.2. The molecule has 0 unspecified atom stereocenters. The van der Waals surface area contributed by atoms with Crippen molar-refractivity contribution in [3.05, 3.63) is 58.3 Å². The summed E-state index contributed by atoms with van der Waals surface area (Å²) in [4.78, 5) is 10.7. The van der Waals surface area contributed by atoms with E-state index in [0.29, 0.717) is 16.0 Å². The molecule has 6 heteroatoms. The molecule has 110 valence electrons. The average Bonchev–Trinajstić information content (AvgIpc) is 2.46. The van der Waals surface area contributed by atoms with Gasteiger partial charge in [0.25, 0.3) is 0 Å². The van der Waals surface area contributed by atoms with Crippen LogP contribution in [0, 0.1) is 5.82 Å². The zero-order valence-corrected chi connectivity index (χ0v) is 12.5. The number of aromatic carboxylic acids is 1. The van der Waals surface area contributed by atoms with Gasteiger partial charge in [0, 0.05) is 0 Å². The van der Waals surface area contributed by atoms with Crippen LogP contribution in [0.25, 0.3) is 0 Å². The van der Waals surface area contributed by atoms with Gasteiger partial charge in [0.05, 0.1) is 10.0 Å². The molecular formula is C15H12BrFO4. The molecule has 0 bridgehead atoms. The first kappa shape index (κ1) is 15.3. The van der Waals surface area contributed by atoms with E-state index in [1.807, 2.05) is 0 Å². The van der Waals surface area contributed by atoms with Gasteiger partial charge in [0.2, 0.25) is 0 Å². The number of hydrogen-bond acceptors (Lipinski definition) is 3. The zero-order valence-electron chi connectivity index (χ0n) is 10.9. The van der Waals surface area contributed by atoms with E-state index in [0.717, 1.165) is 0 Å². The van der Waals surface area contributed by atoms with E-state index in [9.17, 15) is 9.18 Å². The summed E-state index contributed by atoms with van der Waals surface area (Å²) in [6.45, 7) is 0.571. The number of hydrogen-bond donors (Lipinski definition) is 1. The predicted octanol–water partition coefficient (Wildman–Crippen LogP) is 3.74. The third-order valence-electron chi connectivity index (χ3n) is 2.60. The van der Waals surface area contributed by atoms with Gasteiger partial charge in [-0.2, -0.15) is 0 Å². The lowest BCUT2D eigenvalue weighted by Crippen LogP contribution is -2.09. The molecule has 2 aromatic carbocycles. The highest BCUT2D eigenvalue weighted by Gasteiger charge is 2.04. The molecule has 0 heterocycles. The molecule has 0 aliphatic rings. The van der Waals surface area contributed by atoms with Crippen molar-refractivity contribution in [2.75, 3.05) is 13.2 Å². The molecule has 21 heavy (non-hydrogen) atoms. The van der Waals surface area contributed by atoms with Crippen molar-refractivity contribution in [3.8, 4) is 11.5 Å². The van der Waals surface area contributed by atoms with E-state index in [1.165, 1.54) is 30.3 Å². The van der Waals surface area contributed by atoms with Crippen LogP contribution in [-0.4, -0.2) is 24.3 Å².